The van der Waals surface area contributed by atoms with E-state index in [1.807, 2.05) is 0 Å². The summed E-state index contributed by atoms with van der Waals surface area (Å²) in [5, 5.41) is 6.66. The zero-order valence-corrected chi connectivity index (χ0v) is 15.6. The Morgan fingerprint density at radius 1 is 1.04 bits per heavy atom. The molecule has 1 heterocycles. The molecule has 1 saturated heterocycles. The highest BCUT2D eigenvalue weighted by Crippen LogP contribution is 2.62. The maximum absolute atomic E-state index is 12.6. The number of ether oxygens (including phenoxy) is 1. The van der Waals surface area contributed by atoms with Crippen LogP contribution in [0.15, 0.2) is 0 Å². The minimum absolute atomic E-state index is 0.0659. The molecule has 2 atom stereocenters. The lowest BCUT2D eigenvalue weighted by molar-refractivity contribution is -0.0997. The Morgan fingerprint density at radius 2 is 1.67 bits per heavy atom. The Balaban J connectivity index is 1.42. The summed E-state index contributed by atoms with van der Waals surface area (Å²) in [4.78, 5) is 12.6. The van der Waals surface area contributed by atoms with Gasteiger partial charge in [0, 0.05) is 24.8 Å². The van der Waals surface area contributed by atoms with Crippen LogP contribution in [0, 0.1) is 29.1 Å². The van der Waals surface area contributed by atoms with Gasteiger partial charge in [-0.05, 0) is 74.0 Å². The fourth-order valence-electron chi connectivity index (χ4n) is 6.90. The minimum Gasteiger partial charge on any atom is -0.381 e. The molecule has 2 N–H and O–H groups in total. The first-order chi connectivity index (χ1) is 11.3. The summed E-state index contributed by atoms with van der Waals surface area (Å²) in [6.45, 7) is 8.79. The number of hydrogen-bond donors (Lipinski definition) is 2. The first-order valence-electron chi connectivity index (χ1n) is 10.0. The average Bonchev–Trinajstić information content (AvgIpc) is 2.44. The normalized spacial score (nSPS) is 42.1. The van der Waals surface area contributed by atoms with Gasteiger partial charge in [-0.15, -0.1) is 0 Å². The molecule has 0 aromatic heterocycles. The second-order valence-electron chi connectivity index (χ2n) is 10.1. The molecule has 4 nitrogen and oxygen atoms in total. The van der Waals surface area contributed by atoms with Crippen molar-refractivity contribution in [3.05, 3.63) is 0 Å². The maximum Gasteiger partial charge on any atom is 0.315 e. The molecule has 4 heteroatoms. The van der Waals surface area contributed by atoms with Crippen molar-refractivity contribution < 1.29 is 9.53 Å². The molecule has 2 unspecified atom stereocenters. The van der Waals surface area contributed by atoms with Crippen LogP contribution in [-0.2, 0) is 4.74 Å². The van der Waals surface area contributed by atoms with Gasteiger partial charge in [0.2, 0.25) is 0 Å². The van der Waals surface area contributed by atoms with E-state index >= 15 is 0 Å². The quantitative estimate of drug-likeness (QED) is 0.809. The lowest BCUT2D eigenvalue weighted by atomic mass is 9.45. The number of urea groups is 1. The van der Waals surface area contributed by atoms with Crippen LogP contribution in [0.4, 0.5) is 4.79 Å². The number of nitrogens with one attached hydrogen (secondary N) is 2. The minimum atomic E-state index is 0.0659. The van der Waals surface area contributed by atoms with Crippen molar-refractivity contribution in [2.45, 2.75) is 77.3 Å². The summed E-state index contributed by atoms with van der Waals surface area (Å²) in [6, 6.07) is 0.353. The molecule has 136 valence electrons. The first-order valence-corrected chi connectivity index (χ1v) is 10.0. The molecule has 0 radical (unpaired) electrons. The van der Waals surface area contributed by atoms with Gasteiger partial charge in [0.05, 0.1) is 0 Å². The summed E-state index contributed by atoms with van der Waals surface area (Å²) < 4.78 is 5.39. The SMILES string of the molecule is CC(C)(C)C1C2CC3CC1CC(NC(=O)NC1CCOCC1)(C3)C2. The van der Waals surface area contributed by atoms with Crippen LogP contribution < -0.4 is 10.6 Å². The van der Waals surface area contributed by atoms with Crippen LogP contribution in [0.5, 0.6) is 0 Å². The fraction of sp³-hybridized carbons (Fsp3) is 0.950. The predicted octanol–water partition coefficient (Wildman–Crippen LogP) is 3.71. The third-order valence-electron chi connectivity index (χ3n) is 7.21. The van der Waals surface area contributed by atoms with Gasteiger partial charge in [0.15, 0.2) is 0 Å². The number of carbonyl (C=O) groups is 1. The number of hydrogen-bond acceptors (Lipinski definition) is 2. The third-order valence-corrected chi connectivity index (χ3v) is 7.21. The Labute approximate surface area is 146 Å². The second-order valence-corrected chi connectivity index (χ2v) is 10.1. The standard InChI is InChI=1S/C20H34N2O2/c1-19(2,3)17-14-8-13-9-15(17)12-20(10-13,11-14)22-18(23)21-16-4-6-24-7-5-16/h13-17H,4-12H2,1-3H3,(H2,21,22,23). The molecule has 4 saturated carbocycles. The molecule has 5 rings (SSSR count). The van der Waals surface area contributed by atoms with Crippen LogP contribution >= 0.6 is 0 Å². The molecule has 4 aliphatic carbocycles. The topological polar surface area (TPSA) is 50.4 Å². The molecular weight excluding hydrogens is 300 g/mol. The number of carbonyl (C=O) groups excluding carboxylic acids is 1. The van der Waals surface area contributed by atoms with Gasteiger partial charge >= 0.3 is 6.03 Å². The average molecular weight is 335 g/mol. The summed E-state index contributed by atoms with van der Waals surface area (Å²) >= 11 is 0. The molecule has 4 bridgehead atoms. The molecule has 0 spiro atoms. The van der Waals surface area contributed by atoms with E-state index in [0.717, 1.165) is 49.7 Å². The van der Waals surface area contributed by atoms with E-state index in [4.69, 9.17) is 4.74 Å². The van der Waals surface area contributed by atoms with Crippen molar-refractivity contribution in [3.63, 3.8) is 0 Å². The monoisotopic (exact) mass is 334 g/mol. The number of rotatable bonds is 2. The van der Waals surface area contributed by atoms with Crippen LogP contribution in [0.1, 0.15) is 65.7 Å². The van der Waals surface area contributed by atoms with Gasteiger partial charge in [0.25, 0.3) is 0 Å². The highest BCUT2D eigenvalue weighted by molar-refractivity contribution is 5.75. The second kappa shape index (κ2) is 5.89. The van der Waals surface area contributed by atoms with Gasteiger partial charge in [-0.1, -0.05) is 20.8 Å². The highest BCUT2D eigenvalue weighted by Gasteiger charge is 2.58. The fourth-order valence-corrected chi connectivity index (χ4v) is 6.90. The van der Waals surface area contributed by atoms with Crippen LogP contribution in [0.3, 0.4) is 0 Å². The zero-order valence-electron chi connectivity index (χ0n) is 15.6. The molecule has 2 amide bonds. The Kier molecular flexibility index (Phi) is 4.10. The molecule has 24 heavy (non-hydrogen) atoms. The van der Waals surface area contributed by atoms with Gasteiger partial charge in [0.1, 0.15) is 0 Å². The lowest BCUT2D eigenvalue weighted by Crippen LogP contribution is -2.65. The number of amides is 2. The molecule has 0 aromatic carbocycles. The van der Waals surface area contributed by atoms with Crippen molar-refractivity contribution in [3.8, 4) is 0 Å². The first kappa shape index (κ1) is 16.7. The smallest absolute Gasteiger partial charge is 0.315 e. The van der Waals surface area contributed by atoms with Crippen LogP contribution in [0.25, 0.3) is 0 Å². The van der Waals surface area contributed by atoms with Crippen LogP contribution in [0.2, 0.25) is 0 Å². The zero-order chi connectivity index (χ0) is 16.9. The third kappa shape index (κ3) is 3.07. The maximum atomic E-state index is 12.6. The van der Waals surface area contributed by atoms with E-state index in [9.17, 15) is 4.79 Å². The molecular formula is C20H34N2O2. The van der Waals surface area contributed by atoms with Crippen molar-refractivity contribution >= 4 is 6.03 Å². The summed E-state index contributed by atoms with van der Waals surface area (Å²) in [6.07, 6.45) is 8.28. The largest absolute Gasteiger partial charge is 0.381 e. The Hall–Kier alpha value is -0.770. The van der Waals surface area contributed by atoms with Gasteiger partial charge in [-0.25, -0.2) is 4.79 Å². The van der Waals surface area contributed by atoms with E-state index in [0.29, 0.717) is 5.41 Å². The van der Waals surface area contributed by atoms with E-state index in [2.05, 4.69) is 31.4 Å². The Bertz CT molecular complexity index is 476. The molecule has 0 aromatic rings. The van der Waals surface area contributed by atoms with Crippen molar-refractivity contribution in [2.24, 2.45) is 29.1 Å². The summed E-state index contributed by atoms with van der Waals surface area (Å²) in [7, 11) is 0. The van der Waals surface area contributed by atoms with Gasteiger partial charge in [-0.2, -0.15) is 0 Å². The van der Waals surface area contributed by atoms with E-state index in [-0.39, 0.29) is 17.6 Å². The summed E-state index contributed by atoms with van der Waals surface area (Å²) in [5.41, 5.74) is 0.474. The van der Waals surface area contributed by atoms with Crippen molar-refractivity contribution in [1.82, 2.24) is 10.6 Å². The summed E-state index contributed by atoms with van der Waals surface area (Å²) in [5.74, 6) is 3.28. The predicted molar refractivity (Wildman–Crippen MR) is 94.7 cm³/mol. The molecule has 5 fully saturated rings. The van der Waals surface area contributed by atoms with E-state index < -0.39 is 0 Å². The molecule has 5 aliphatic rings. The van der Waals surface area contributed by atoms with Crippen molar-refractivity contribution in [1.29, 1.82) is 0 Å². The van der Waals surface area contributed by atoms with E-state index in [1.54, 1.807) is 0 Å². The van der Waals surface area contributed by atoms with E-state index in [1.165, 1.54) is 32.1 Å². The molecule has 1 aliphatic heterocycles. The van der Waals surface area contributed by atoms with Gasteiger partial charge in [-0.3, -0.25) is 0 Å². The highest BCUT2D eigenvalue weighted by atomic mass is 16.5. The van der Waals surface area contributed by atoms with Gasteiger partial charge < -0.3 is 15.4 Å². The van der Waals surface area contributed by atoms with Crippen molar-refractivity contribution in [2.75, 3.05) is 13.2 Å². The Morgan fingerprint density at radius 3 is 2.25 bits per heavy atom. The lowest BCUT2D eigenvalue weighted by Gasteiger charge is -2.63. The van der Waals surface area contributed by atoms with Crippen LogP contribution in [-0.4, -0.2) is 30.8 Å².